The zero-order chi connectivity index (χ0) is 11.3. The van der Waals surface area contributed by atoms with Gasteiger partial charge in [-0.2, -0.15) is 5.10 Å². The third-order valence-electron chi connectivity index (χ3n) is 3.13. The molecule has 0 unspecified atom stereocenters. The van der Waals surface area contributed by atoms with Crippen LogP contribution in [0.3, 0.4) is 0 Å². The smallest absolute Gasteiger partial charge is 0.154 e. The van der Waals surface area contributed by atoms with E-state index >= 15 is 0 Å². The molecule has 1 aromatic carbocycles. The summed E-state index contributed by atoms with van der Waals surface area (Å²) < 4.78 is 0. The van der Waals surface area contributed by atoms with Gasteiger partial charge >= 0.3 is 0 Å². The maximum absolute atomic E-state index is 5.75. The molecule has 2 aromatic heterocycles. The van der Waals surface area contributed by atoms with Gasteiger partial charge in [-0.15, -0.1) is 0 Å². The van der Waals surface area contributed by atoms with E-state index in [0.717, 1.165) is 21.8 Å². The zero-order valence-electron chi connectivity index (χ0n) is 9.20. The first-order chi connectivity index (χ1) is 7.68. The molecular weight excluding hydrogens is 200 g/mol. The summed E-state index contributed by atoms with van der Waals surface area (Å²) in [5, 5.41) is 8.93. The topological polar surface area (TPSA) is 67.6 Å². The van der Waals surface area contributed by atoms with Crippen LogP contribution in [0.5, 0.6) is 0 Å². The Morgan fingerprint density at radius 3 is 2.81 bits per heavy atom. The Balaban J connectivity index is 2.57. The average Bonchev–Trinajstić information content (AvgIpc) is 2.66. The molecule has 80 valence electrons. The molecule has 0 aliphatic heterocycles. The summed E-state index contributed by atoms with van der Waals surface area (Å²) in [5.41, 5.74) is 10.2. The Morgan fingerprint density at radius 1 is 1.19 bits per heavy atom. The minimum atomic E-state index is 0.502. The van der Waals surface area contributed by atoms with Crippen molar-refractivity contribution in [1.82, 2.24) is 15.2 Å². The zero-order valence-corrected chi connectivity index (χ0v) is 9.20. The van der Waals surface area contributed by atoms with E-state index in [1.165, 1.54) is 11.1 Å². The van der Waals surface area contributed by atoms with Crippen LogP contribution in [-0.4, -0.2) is 15.2 Å². The lowest BCUT2D eigenvalue weighted by molar-refractivity contribution is 1.13. The van der Waals surface area contributed by atoms with E-state index < -0.39 is 0 Å². The van der Waals surface area contributed by atoms with Gasteiger partial charge in [-0.25, -0.2) is 0 Å². The van der Waals surface area contributed by atoms with Crippen molar-refractivity contribution in [2.24, 2.45) is 0 Å². The van der Waals surface area contributed by atoms with Gasteiger partial charge in [0.2, 0.25) is 0 Å². The first-order valence-electron chi connectivity index (χ1n) is 5.17. The molecular formula is C12H12N4. The largest absolute Gasteiger partial charge is 0.382 e. The van der Waals surface area contributed by atoms with E-state index in [9.17, 15) is 0 Å². The number of nitrogens with two attached hydrogens (primary N) is 1. The lowest BCUT2D eigenvalue weighted by atomic mass is 10.0. The number of hydrogen-bond acceptors (Lipinski definition) is 3. The number of aromatic nitrogens is 3. The Hall–Kier alpha value is -2.10. The molecule has 0 saturated heterocycles. The van der Waals surface area contributed by atoms with E-state index in [4.69, 9.17) is 5.73 Å². The number of nitrogens with one attached hydrogen (secondary N) is 1. The molecule has 0 aliphatic carbocycles. The Bertz CT molecular complexity index is 697. The van der Waals surface area contributed by atoms with Gasteiger partial charge in [-0.05, 0) is 25.0 Å². The number of nitrogens with zero attached hydrogens (tertiary/aromatic N) is 2. The number of aromatic amines is 1. The van der Waals surface area contributed by atoms with Crippen LogP contribution in [0.1, 0.15) is 11.1 Å². The van der Waals surface area contributed by atoms with Crippen LogP contribution in [0.2, 0.25) is 0 Å². The van der Waals surface area contributed by atoms with E-state index in [1.54, 1.807) is 6.20 Å². The summed E-state index contributed by atoms with van der Waals surface area (Å²) in [7, 11) is 0. The van der Waals surface area contributed by atoms with Gasteiger partial charge in [0.05, 0.1) is 16.4 Å². The molecule has 16 heavy (non-hydrogen) atoms. The molecule has 3 aromatic rings. The van der Waals surface area contributed by atoms with E-state index in [1.807, 2.05) is 0 Å². The van der Waals surface area contributed by atoms with Crippen molar-refractivity contribution in [2.75, 3.05) is 5.73 Å². The molecule has 0 bridgehead atoms. The average molecular weight is 212 g/mol. The predicted octanol–water partition coefficient (Wildman–Crippen LogP) is 2.31. The Morgan fingerprint density at radius 2 is 2.00 bits per heavy atom. The van der Waals surface area contributed by atoms with Gasteiger partial charge in [0.25, 0.3) is 0 Å². The fourth-order valence-electron chi connectivity index (χ4n) is 2.00. The van der Waals surface area contributed by atoms with Crippen LogP contribution in [0.4, 0.5) is 5.82 Å². The van der Waals surface area contributed by atoms with E-state index in [2.05, 4.69) is 41.2 Å². The van der Waals surface area contributed by atoms with Crippen molar-refractivity contribution < 1.29 is 0 Å². The normalized spacial score (nSPS) is 11.4. The maximum atomic E-state index is 5.75. The highest BCUT2D eigenvalue weighted by molar-refractivity contribution is 6.07. The second kappa shape index (κ2) is 2.95. The van der Waals surface area contributed by atoms with Gasteiger partial charge < -0.3 is 5.73 Å². The Kier molecular flexibility index (Phi) is 1.68. The van der Waals surface area contributed by atoms with Crippen LogP contribution in [0.25, 0.3) is 21.8 Å². The van der Waals surface area contributed by atoms with Gasteiger partial charge in [-0.1, -0.05) is 12.1 Å². The molecule has 0 fully saturated rings. The molecule has 0 aliphatic rings. The molecule has 4 nitrogen and oxygen atoms in total. The second-order valence-corrected chi connectivity index (χ2v) is 4.06. The summed E-state index contributed by atoms with van der Waals surface area (Å²) >= 11 is 0. The summed E-state index contributed by atoms with van der Waals surface area (Å²) in [5.74, 6) is 0.502. The lowest BCUT2D eigenvalue weighted by Crippen LogP contribution is -1.89. The molecule has 0 atom stereocenters. The van der Waals surface area contributed by atoms with Crippen LogP contribution in [-0.2, 0) is 0 Å². The summed E-state index contributed by atoms with van der Waals surface area (Å²) in [4.78, 5) is 4.46. The van der Waals surface area contributed by atoms with Crippen LogP contribution >= 0.6 is 0 Å². The molecule has 0 saturated carbocycles. The number of rotatable bonds is 0. The number of nitrogen functional groups attached to an aromatic ring is 1. The van der Waals surface area contributed by atoms with E-state index in [-0.39, 0.29) is 0 Å². The number of hydrogen-bond donors (Lipinski definition) is 2. The third kappa shape index (κ3) is 1.04. The van der Waals surface area contributed by atoms with Crippen molar-refractivity contribution in [3.8, 4) is 0 Å². The summed E-state index contributed by atoms with van der Waals surface area (Å²) in [6.45, 7) is 4.16. The molecule has 0 amide bonds. The van der Waals surface area contributed by atoms with Crippen molar-refractivity contribution in [3.05, 3.63) is 29.5 Å². The minimum Gasteiger partial charge on any atom is -0.382 e. The van der Waals surface area contributed by atoms with Gasteiger partial charge in [0.1, 0.15) is 0 Å². The molecule has 3 rings (SSSR count). The second-order valence-electron chi connectivity index (χ2n) is 4.06. The number of anilines is 1. The van der Waals surface area contributed by atoms with Gasteiger partial charge in [0, 0.05) is 11.6 Å². The summed E-state index contributed by atoms with van der Waals surface area (Å²) in [6, 6.07) is 4.15. The quantitative estimate of drug-likeness (QED) is 0.600. The van der Waals surface area contributed by atoms with E-state index in [0.29, 0.717) is 5.82 Å². The fraction of sp³-hybridized carbons (Fsp3) is 0.167. The SMILES string of the molecule is Cc1ccc2c(ncc3c(N)n[nH]c32)c1C. The predicted molar refractivity (Wildman–Crippen MR) is 65.3 cm³/mol. The molecule has 0 radical (unpaired) electrons. The third-order valence-corrected chi connectivity index (χ3v) is 3.13. The standard InChI is InChI=1S/C12H12N4/c1-6-3-4-8-10(7(6)2)14-5-9-11(8)15-16-12(9)13/h3-5H,1-2H3,(H3,13,15,16). The van der Waals surface area contributed by atoms with Crippen molar-refractivity contribution in [3.63, 3.8) is 0 Å². The first-order valence-corrected chi connectivity index (χ1v) is 5.17. The fourth-order valence-corrected chi connectivity index (χ4v) is 2.00. The number of fused-ring (bicyclic) bond motifs is 3. The van der Waals surface area contributed by atoms with Crippen molar-refractivity contribution in [2.45, 2.75) is 13.8 Å². The number of benzene rings is 1. The minimum absolute atomic E-state index is 0.502. The first kappa shape index (κ1) is 9.15. The maximum Gasteiger partial charge on any atom is 0.154 e. The lowest BCUT2D eigenvalue weighted by Gasteiger charge is -2.05. The van der Waals surface area contributed by atoms with Crippen LogP contribution in [0, 0.1) is 13.8 Å². The molecule has 3 N–H and O–H groups in total. The van der Waals surface area contributed by atoms with Gasteiger partial charge in [0.15, 0.2) is 5.82 Å². The van der Waals surface area contributed by atoms with Crippen molar-refractivity contribution in [1.29, 1.82) is 0 Å². The van der Waals surface area contributed by atoms with Crippen LogP contribution in [0.15, 0.2) is 18.3 Å². The van der Waals surface area contributed by atoms with Crippen molar-refractivity contribution >= 4 is 27.6 Å². The monoisotopic (exact) mass is 212 g/mol. The number of pyridine rings is 1. The highest BCUT2D eigenvalue weighted by Crippen LogP contribution is 2.27. The highest BCUT2D eigenvalue weighted by Gasteiger charge is 2.09. The summed E-state index contributed by atoms with van der Waals surface area (Å²) in [6.07, 6.45) is 1.78. The highest BCUT2D eigenvalue weighted by atomic mass is 15.2. The molecule has 0 spiro atoms. The Labute approximate surface area is 92.5 Å². The van der Waals surface area contributed by atoms with Gasteiger partial charge in [-0.3, -0.25) is 10.1 Å². The molecule has 4 heteroatoms. The molecule has 2 heterocycles. The van der Waals surface area contributed by atoms with Crippen LogP contribution < -0.4 is 5.73 Å². The number of H-pyrrole nitrogens is 1. The number of aryl methyl sites for hydroxylation is 2.